The van der Waals surface area contributed by atoms with Crippen molar-refractivity contribution in [3.63, 3.8) is 0 Å². The Morgan fingerprint density at radius 1 is 0.974 bits per heavy atom. The van der Waals surface area contributed by atoms with Gasteiger partial charge in [-0.2, -0.15) is 0 Å². The minimum atomic E-state index is -0.818. The fourth-order valence-electron chi connectivity index (χ4n) is 5.37. The summed E-state index contributed by atoms with van der Waals surface area (Å²) in [6, 6.07) is 4.63. The van der Waals surface area contributed by atoms with Crippen molar-refractivity contribution in [2.24, 2.45) is 5.92 Å². The third kappa shape index (κ3) is 10.8. The summed E-state index contributed by atoms with van der Waals surface area (Å²) in [6.07, 6.45) is 8.60. The first-order valence-electron chi connectivity index (χ1n) is 15.0. The Kier molecular flexibility index (Phi) is 12.8. The zero-order valence-electron chi connectivity index (χ0n) is 25.7. The Bertz CT molecular complexity index is 927. The summed E-state index contributed by atoms with van der Waals surface area (Å²) in [5.41, 5.74) is 2.22. The molecule has 0 radical (unpaired) electrons. The summed E-state index contributed by atoms with van der Waals surface area (Å²) >= 11 is 0. The Hall–Kier alpha value is -2.57. The number of carbonyl (C=O) groups excluding carboxylic acids is 3. The number of unbranched alkanes of at least 4 members (excludes halogenated alkanes) is 3. The Morgan fingerprint density at radius 2 is 1.59 bits per heavy atom. The highest BCUT2D eigenvalue weighted by Crippen LogP contribution is 2.28. The van der Waals surface area contributed by atoms with Crippen LogP contribution in [-0.4, -0.2) is 47.0 Å². The number of rotatable bonds is 12. The highest BCUT2D eigenvalue weighted by Gasteiger charge is 2.38. The van der Waals surface area contributed by atoms with Gasteiger partial charge in [-0.3, -0.25) is 9.59 Å². The molecule has 1 aliphatic carbocycles. The second-order valence-corrected chi connectivity index (χ2v) is 12.6. The molecular formula is C32H53N3O4. The molecule has 0 bridgehead atoms. The van der Waals surface area contributed by atoms with Gasteiger partial charge in [0.1, 0.15) is 17.7 Å². The van der Waals surface area contributed by atoms with E-state index in [2.05, 4.69) is 23.6 Å². The van der Waals surface area contributed by atoms with Crippen molar-refractivity contribution in [3.8, 4) is 0 Å². The minimum Gasteiger partial charge on any atom is -0.444 e. The minimum absolute atomic E-state index is 0.123. The molecular weight excluding hydrogens is 490 g/mol. The lowest BCUT2D eigenvalue weighted by molar-refractivity contribution is -0.143. The zero-order chi connectivity index (χ0) is 29.2. The van der Waals surface area contributed by atoms with E-state index in [1.165, 1.54) is 6.42 Å². The number of alkyl carbamates (subject to hydrolysis) is 1. The van der Waals surface area contributed by atoms with Crippen LogP contribution in [0.4, 0.5) is 4.79 Å². The van der Waals surface area contributed by atoms with Gasteiger partial charge in [-0.1, -0.05) is 88.6 Å². The molecule has 220 valence electrons. The van der Waals surface area contributed by atoms with E-state index in [4.69, 9.17) is 4.74 Å². The Morgan fingerprint density at radius 3 is 2.13 bits per heavy atom. The molecule has 39 heavy (non-hydrogen) atoms. The van der Waals surface area contributed by atoms with E-state index in [9.17, 15) is 14.4 Å². The lowest BCUT2D eigenvalue weighted by Crippen LogP contribution is -2.55. The molecule has 2 rings (SSSR count). The Labute approximate surface area is 236 Å². The Balaban J connectivity index is 2.49. The molecule has 1 aromatic rings. The summed E-state index contributed by atoms with van der Waals surface area (Å²) in [6.45, 7) is 15.8. The summed E-state index contributed by atoms with van der Waals surface area (Å²) in [4.78, 5) is 42.8. The summed E-state index contributed by atoms with van der Waals surface area (Å²) < 4.78 is 5.49. The van der Waals surface area contributed by atoms with Crippen molar-refractivity contribution in [2.45, 2.75) is 137 Å². The van der Waals surface area contributed by atoms with Gasteiger partial charge >= 0.3 is 6.09 Å². The smallest absolute Gasteiger partial charge is 0.408 e. The van der Waals surface area contributed by atoms with Crippen LogP contribution in [-0.2, 0) is 14.3 Å². The molecule has 1 aliphatic rings. The van der Waals surface area contributed by atoms with Crippen LogP contribution in [0.5, 0.6) is 0 Å². The van der Waals surface area contributed by atoms with Gasteiger partial charge in [0.05, 0.1) is 0 Å². The first-order chi connectivity index (χ1) is 18.3. The first kappa shape index (κ1) is 32.6. The van der Waals surface area contributed by atoms with Crippen LogP contribution in [0.3, 0.4) is 0 Å². The van der Waals surface area contributed by atoms with E-state index in [1.54, 1.807) is 25.7 Å². The van der Waals surface area contributed by atoms with Gasteiger partial charge in [0, 0.05) is 12.6 Å². The maximum atomic E-state index is 14.3. The molecule has 1 aromatic carbocycles. The van der Waals surface area contributed by atoms with E-state index in [-0.39, 0.29) is 23.8 Å². The molecule has 0 saturated heterocycles. The van der Waals surface area contributed by atoms with E-state index < -0.39 is 23.8 Å². The number of nitrogens with zero attached hydrogens (tertiary/aromatic N) is 1. The van der Waals surface area contributed by atoms with Crippen molar-refractivity contribution in [1.29, 1.82) is 0 Å². The highest BCUT2D eigenvalue weighted by molar-refractivity contribution is 5.92. The van der Waals surface area contributed by atoms with Gasteiger partial charge in [-0.05, 0) is 65.4 Å². The topological polar surface area (TPSA) is 87.7 Å². The zero-order valence-corrected chi connectivity index (χ0v) is 25.7. The molecule has 0 heterocycles. The number of nitrogens with one attached hydrogen (secondary N) is 2. The largest absolute Gasteiger partial charge is 0.444 e. The maximum Gasteiger partial charge on any atom is 0.408 e. The third-order valence-electron chi connectivity index (χ3n) is 7.21. The predicted octanol–water partition coefficient (Wildman–Crippen LogP) is 6.75. The van der Waals surface area contributed by atoms with Crippen LogP contribution in [0.15, 0.2) is 18.2 Å². The fraction of sp³-hybridized carbons (Fsp3) is 0.719. The van der Waals surface area contributed by atoms with E-state index in [1.807, 2.05) is 39.8 Å². The van der Waals surface area contributed by atoms with Gasteiger partial charge in [-0.25, -0.2) is 4.79 Å². The predicted molar refractivity (Wildman–Crippen MR) is 158 cm³/mol. The van der Waals surface area contributed by atoms with E-state index >= 15 is 0 Å². The molecule has 1 saturated carbocycles. The molecule has 7 heteroatoms. The van der Waals surface area contributed by atoms with Crippen molar-refractivity contribution in [3.05, 3.63) is 34.9 Å². The number of carbonyl (C=O) groups is 3. The van der Waals surface area contributed by atoms with Gasteiger partial charge in [0.25, 0.3) is 0 Å². The molecule has 7 nitrogen and oxygen atoms in total. The molecule has 2 N–H and O–H groups in total. The van der Waals surface area contributed by atoms with Gasteiger partial charge in [0.15, 0.2) is 0 Å². The molecule has 0 spiro atoms. The van der Waals surface area contributed by atoms with Crippen molar-refractivity contribution in [2.75, 3.05) is 6.54 Å². The first-order valence-corrected chi connectivity index (χ1v) is 15.0. The molecule has 1 fully saturated rings. The second kappa shape index (κ2) is 15.3. The normalized spacial score (nSPS) is 15.9. The summed E-state index contributed by atoms with van der Waals surface area (Å²) in [5, 5.41) is 6.11. The molecule has 0 aromatic heterocycles. The van der Waals surface area contributed by atoms with Crippen molar-refractivity contribution < 1.29 is 19.1 Å². The second-order valence-electron chi connectivity index (χ2n) is 12.6. The summed E-state index contributed by atoms with van der Waals surface area (Å²) in [7, 11) is 0. The number of amides is 3. The average molecular weight is 544 g/mol. The monoisotopic (exact) mass is 543 g/mol. The van der Waals surface area contributed by atoms with Crippen LogP contribution in [0, 0.1) is 19.8 Å². The number of aryl methyl sites for hydroxylation is 2. The SMILES string of the molecule is CCCCCCN(C(=O)C(NC(=O)OC(C)(C)C)C(C)C)C(C(=O)NC1CCCCC1)c1cc(C)cc(C)c1. The number of hydrogen-bond acceptors (Lipinski definition) is 4. The van der Waals surface area contributed by atoms with Crippen molar-refractivity contribution in [1.82, 2.24) is 15.5 Å². The molecule has 2 atom stereocenters. The maximum absolute atomic E-state index is 14.3. The molecule has 0 aliphatic heterocycles. The van der Waals surface area contributed by atoms with Crippen molar-refractivity contribution >= 4 is 17.9 Å². The van der Waals surface area contributed by atoms with E-state index in [0.29, 0.717) is 6.54 Å². The van der Waals surface area contributed by atoms with Crippen LogP contribution >= 0.6 is 0 Å². The standard InChI is InChI=1S/C32H53N3O4/c1-9-10-11-15-18-35(30(37)27(22(2)3)34-31(38)39-32(6,7)8)28(25-20-23(4)19-24(5)21-25)29(36)33-26-16-13-12-14-17-26/h19-22,26-28H,9-18H2,1-8H3,(H,33,36)(H,34,38). The lowest BCUT2D eigenvalue weighted by atomic mass is 9.93. The fourth-order valence-corrected chi connectivity index (χ4v) is 5.37. The highest BCUT2D eigenvalue weighted by atomic mass is 16.6. The van der Waals surface area contributed by atoms with Crippen LogP contribution < -0.4 is 10.6 Å². The van der Waals surface area contributed by atoms with Gasteiger partial charge < -0.3 is 20.3 Å². The summed E-state index contributed by atoms with van der Waals surface area (Å²) in [5.74, 6) is -0.588. The van der Waals surface area contributed by atoms with E-state index in [0.717, 1.165) is 68.1 Å². The number of ether oxygens (including phenoxy) is 1. The van der Waals surface area contributed by atoms with Crippen LogP contribution in [0.25, 0.3) is 0 Å². The number of benzene rings is 1. The van der Waals surface area contributed by atoms with Crippen LogP contribution in [0.1, 0.15) is 122 Å². The molecule has 2 unspecified atom stereocenters. The van der Waals surface area contributed by atoms with Gasteiger partial charge in [0.2, 0.25) is 11.8 Å². The third-order valence-corrected chi connectivity index (χ3v) is 7.21. The lowest BCUT2D eigenvalue weighted by Gasteiger charge is -2.37. The van der Waals surface area contributed by atoms with Crippen LogP contribution in [0.2, 0.25) is 0 Å². The average Bonchev–Trinajstić information content (AvgIpc) is 2.82. The quantitative estimate of drug-likeness (QED) is 0.285. The number of hydrogen-bond donors (Lipinski definition) is 2. The van der Waals surface area contributed by atoms with Gasteiger partial charge in [-0.15, -0.1) is 0 Å². The molecule has 3 amide bonds.